The summed E-state index contributed by atoms with van der Waals surface area (Å²) in [6.45, 7) is 4.15. The van der Waals surface area contributed by atoms with Crippen LogP contribution in [0.5, 0.6) is 0 Å². The van der Waals surface area contributed by atoms with Crippen molar-refractivity contribution >= 4 is 27.3 Å². The molecule has 8 nitrogen and oxygen atoms in total. The van der Waals surface area contributed by atoms with Gasteiger partial charge in [0.1, 0.15) is 0 Å². The standard InChI is InChI=1S/C21H25N3O5S/c25-21(22-19-6-1-2-7-20(19)23-8-12-28-13-9-23)17-4-3-5-18(16-17)30(26,27)24-10-14-29-15-11-24/h1-7,16H,8-15H2,(H,22,25). The molecule has 0 saturated carbocycles. The van der Waals surface area contributed by atoms with E-state index >= 15 is 0 Å². The minimum atomic E-state index is -3.66. The van der Waals surface area contributed by atoms with E-state index in [0.29, 0.717) is 50.8 Å². The van der Waals surface area contributed by atoms with Crippen molar-refractivity contribution in [1.29, 1.82) is 0 Å². The fourth-order valence-corrected chi connectivity index (χ4v) is 5.04. The van der Waals surface area contributed by atoms with Crippen LogP contribution in [0.3, 0.4) is 0 Å². The molecule has 9 heteroatoms. The van der Waals surface area contributed by atoms with Crippen LogP contribution in [0.25, 0.3) is 0 Å². The van der Waals surface area contributed by atoms with Crippen LogP contribution in [0.1, 0.15) is 10.4 Å². The number of amides is 1. The van der Waals surface area contributed by atoms with E-state index in [1.54, 1.807) is 12.1 Å². The van der Waals surface area contributed by atoms with Crippen LogP contribution in [0.15, 0.2) is 53.4 Å². The van der Waals surface area contributed by atoms with E-state index in [2.05, 4.69) is 10.2 Å². The van der Waals surface area contributed by atoms with E-state index < -0.39 is 10.0 Å². The molecule has 2 aromatic carbocycles. The molecular formula is C21H25N3O5S. The van der Waals surface area contributed by atoms with E-state index in [9.17, 15) is 13.2 Å². The van der Waals surface area contributed by atoms with Gasteiger partial charge in [-0.3, -0.25) is 4.79 Å². The van der Waals surface area contributed by atoms with Crippen molar-refractivity contribution < 1.29 is 22.7 Å². The number of nitrogens with zero attached hydrogens (tertiary/aromatic N) is 2. The normalized spacial score (nSPS) is 18.2. The first-order valence-corrected chi connectivity index (χ1v) is 11.4. The summed E-state index contributed by atoms with van der Waals surface area (Å²) in [4.78, 5) is 15.2. The molecule has 2 aromatic rings. The topological polar surface area (TPSA) is 88.2 Å². The molecule has 0 aliphatic carbocycles. The summed E-state index contributed by atoms with van der Waals surface area (Å²) in [6, 6.07) is 13.7. The molecule has 2 saturated heterocycles. The molecule has 0 spiro atoms. The third-order valence-electron chi connectivity index (χ3n) is 5.21. The SMILES string of the molecule is O=C(Nc1ccccc1N1CCOCC1)c1cccc(S(=O)(=O)N2CCOCC2)c1. The molecule has 1 amide bonds. The zero-order valence-electron chi connectivity index (χ0n) is 16.6. The van der Waals surface area contributed by atoms with Gasteiger partial charge in [0.25, 0.3) is 5.91 Å². The minimum absolute atomic E-state index is 0.110. The third-order valence-corrected chi connectivity index (χ3v) is 7.10. The Morgan fingerprint density at radius 2 is 1.53 bits per heavy atom. The first-order chi connectivity index (χ1) is 14.6. The molecule has 0 radical (unpaired) electrons. The molecule has 2 aliphatic rings. The second-order valence-corrected chi connectivity index (χ2v) is 9.05. The van der Waals surface area contributed by atoms with E-state index in [-0.39, 0.29) is 10.8 Å². The lowest BCUT2D eigenvalue weighted by Gasteiger charge is -2.30. The van der Waals surface area contributed by atoms with Crippen molar-refractivity contribution in [3.63, 3.8) is 0 Å². The molecule has 2 fully saturated rings. The summed E-state index contributed by atoms with van der Waals surface area (Å²) in [7, 11) is -3.66. The number of hydrogen-bond acceptors (Lipinski definition) is 6. The Hall–Kier alpha value is -2.46. The fraction of sp³-hybridized carbons (Fsp3) is 0.381. The molecule has 2 heterocycles. The number of carbonyl (C=O) groups is 1. The lowest BCUT2D eigenvalue weighted by molar-refractivity contribution is 0.0730. The zero-order valence-corrected chi connectivity index (χ0v) is 17.4. The van der Waals surface area contributed by atoms with E-state index in [4.69, 9.17) is 9.47 Å². The number of anilines is 2. The molecule has 4 rings (SSSR count). The first kappa shape index (κ1) is 20.8. The summed E-state index contributed by atoms with van der Waals surface area (Å²) in [5.41, 5.74) is 1.90. The average Bonchev–Trinajstić information content (AvgIpc) is 2.80. The number of carbonyl (C=O) groups excluding carboxylic acids is 1. The molecule has 0 aromatic heterocycles. The highest BCUT2D eigenvalue weighted by Crippen LogP contribution is 2.27. The Bertz CT molecular complexity index is 999. The Morgan fingerprint density at radius 1 is 0.867 bits per heavy atom. The van der Waals surface area contributed by atoms with Crippen molar-refractivity contribution in [3.8, 4) is 0 Å². The predicted molar refractivity (Wildman–Crippen MR) is 113 cm³/mol. The number of nitrogens with one attached hydrogen (secondary N) is 1. The molecule has 30 heavy (non-hydrogen) atoms. The number of sulfonamides is 1. The van der Waals surface area contributed by atoms with Crippen LogP contribution in [-0.4, -0.2) is 71.2 Å². The molecule has 160 valence electrons. The second-order valence-electron chi connectivity index (χ2n) is 7.11. The molecule has 0 atom stereocenters. The molecule has 0 bridgehead atoms. The number of hydrogen-bond donors (Lipinski definition) is 1. The monoisotopic (exact) mass is 431 g/mol. The van der Waals surface area contributed by atoms with E-state index in [1.165, 1.54) is 16.4 Å². The van der Waals surface area contributed by atoms with Gasteiger partial charge in [0.05, 0.1) is 42.7 Å². The van der Waals surface area contributed by atoms with E-state index in [1.807, 2.05) is 24.3 Å². The third kappa shape index (κ3) is 4.49. The molecule has 1 N–H and O–H groups in total. The largest absolute Gasteiger partial charge is 0.379 e. The number of ether oxygens (including phenoxy) is 2. The molecular weight excluding hydrogens is 406 g/mol. The lowest BCUT2D eigenvalue weighted by Crippen LogP contribution is -2.40. The van der Waals surface area contributed by atoms with Crippen LogP contribution in [-0.2, 0) is 19.5 Å². The van der Waals surface area contributed by atoms with E-state index in [0.717, 1.165) is 18.8 Å². The number of para-hydroxylation sites is 2. The number of benzene rings is 2. The van der Waals surface area contributed by atoms with Gasteiger partial charge < -0.3 is 19.7 Å². The maximum absolute atomic E-state index is 12.9. The van der Waals surface area contributed by atoms with Gasteiger partial charge in [0.15, 0.2) is 0 Å². The maximum Gasteiger partial charge on any atom is 0.255 e. The van der Waals surface area contributed by atoms with Gasteiger partial charge in [-0.2, -0.15) is 4.31 Å². The highest BCUT2D eigenvalue weighted by Gasteiger charge is 2.27. The Kier molecular flexibility index (Phi) is 6.33. The molecule has 2 aliphatic heterocycles. The van der Waals surface area contributed by atoms with Crippen molar-refractivity contribution in [1.82, 2.24) is 4.31 Å². The quantitative estimate of drug-likeness (QED) is 0.777. The van der Waals surface area contributed by atoms with Crippen LogP contribution in [0, 0.1) is 0 Å². The van der Waals surface area contributed by atoms with Crippen LogP contribution < -0.4 is 10.2 Å². The van der Waals surface area contributed by atoms with Gasteiger partial charge in [-0.1, -0.05) is 18.2 Å². The lowest BCUT2D eigenvalue weighted by atomic mass is 10.2. The Balaban J connectivity index is 1.54. The highest BCUT2D eigenvalue weighted by molar-refractivity contribution is 7.89. The van der Waals surface area contributed by atoms with Crippen LogP contribution in [0.2, 0.25) is 0 Å². The van der Waals surface area contributed by atoms with Gasteiger partial charge in [0.2, 0.25) is 10.0 Å². The summed E-state index contributed by atoms with van der Waals surface area (Å²) in [5, 5.41) is 2.93. The van der Waals surface area contributed by atoms with Gasteiger partial charge >= 0.3 is 0 Å². The van der Waals surface area contributed by atoms with Gasteiger partial charge in [-0.25, -0.2) is 8.42 Å². The zero-order chi connectivity index (χ0) is 21.0. The minimum Gasteiger partial charge on any atom is -0.379 e. The maximum atomic E-state index is 12.9. The van der Waals surface area contributed by atoms with Crippen LogP contribution >= 0.6 is 0 Å². The average molecular weight is 432 g/mol. The van der Waals surface area contributed by atoms with Gasteiger partial charge in [-0.05, 0) is 30.3 Å². The van der Waals surface area contributed by atoms with Crippen molar-refractivity contribution in [2.75, 3.05) is 62.8 Å². The summed E-state index contributed by atoms with van der Waals surface area (Å²) in [6.07, 6.45) is 0. The van der Waals surface area contributed by atoms with Crippen molar-refractivity contribution in [2.24, 2.45) is 0 Å². The Morgan fingerprint density at radius 3 is 2.27 bits per heavy atom. The molecule has 0 unspecified atom stereocenters. The highest BCUT2D eigenvalue weighted by atomic mass is 32.2. The summed E-state index contributed by atoms with van der Waals surface area (Å²) >= 11 is 0. The first-order valence-electron chi connectivity index (χ1n) is 9.97. The number of rotatable bonds is 5. The van der Waals surface area contributed by atoms with Crippen LogP contribution in [0.4, 0.5) is 11.4 Å². The van der Waals surface area contributed by atoms with Gasteiger partial charge in [-0.15, -0.1) is 0 Å². The second kappa shape index (κ2) is 9.13. The Labute approximate surface area is 176 Å². The van der Waals surface area contributed by atoms with Crippen molar-refractivity contribution in [3.05, 3.63) is 54.1 Å². The summed E-state index contributed by atoms with van der Waals surface area (Å²) < 4.78 is 37.8. The van der Waals surface area contributed by atoms with Crippen molar-refractivity contribution in [2.45, 2.75) is 4.90 Å². The summed E-state index contributed by atoms with van der Waals surface area (Å²) in [5.74, 6) is -0.352. The van der Waals surface area contributed by atoms with Gasteiger partial charge in [0, 0.05) is 31.7 Å². The number of morpholine rings is 2. The smallest absolute Gasteiger partial charge is 0.255 e. The predicted octanol–water partition coefficient (Wildman–Crippen LogP) is 1.80. The fourth-order valence-electron chi connectivity index (χ4n) is 3.59.